The first-order valence-corrected chi connectivity index (χ1v) is 12.4. The van der Waals surface area contributed by atoms with E-state index >= 15 is 0 Å². The maximum Gasteiger partial charge on any atom is 0.233 e. The lowest BCUT2D eigenvalue weighted by Gasteiger charge is -2.36. The van der Waals surface area contributed by atoms with Crippen molar-refractivity contribution in [1.82, 2.24) is 15.0 Å². The molecule has 3 aromatic rings. The number of anilines is 5. The quantitative estimate of drug-likeness (QED) is 0.327. The van der Waals surface area contributed by atoms with E-state index in [4.69, 9.17) is 16.7 Å². The first-order chi connectivity index (χ1) is 17.1. The van der Waals surface area contributed by atoms with Crippen molar-refractivity contribution in [3.05, 3.63) is 59.4 Å². The molecule has 1 aromatic heterocycles. The minimum absolute atomic E-state index is 0.229. The second-order valence-electron chi connectivity index (χ2n) is 8.43. The number of hydrogen-bond donors (Lipinski definition) is 3. The van der Waals surface area contributed by atoms with E-state index in [2.05, 4.69) is 41.5 Å². The van der Waals surface area contributed by atoms with Crippen molar-refractivity contribution in [2.75, 3.05) is 59.8 Å². The van der Waals surface area contributed by atoms with Gasteiger partial charge in [0.05, 0.1) is 0 Å². The molecule has 0 radical (unpaired) electrons. The smallest absolute Gasteiger partial charge is 0.233 e. The maximum absolute atomic E-state index is 13.3. The number of nitrogens with one attached hydrogen (secondary N) is 2. The highest BCUT2D eigenvalue weighted by Crippen LogP contribution is 2.23. The number of rotatable bonds is 11. The molecule has 8 nitrogen and oxygen atoms in total. The van der Waals surface area contributed by atoms with Gasteiger partial charge in [0.2, 0.25) is 17.8 Å². The largest absolute Gasteiger partial charge is 0.396 e. The highest BCUT2D eigenvalue weighted by atomic mass is 35.5. The summed E-state index contributed by atoms with van der Waals surface area (Å²) < 4.78 is 13.3. The minimum atomic E-state index is -0.298. The van der Waals surface area contributed by atoms with Gasteiger partial charge in [0.1, 0.15) is 5.82 Å². The van der Waals surface area contributed by atoms with Crippen LogP contribution in [0.2, 0.25) is 5.02 Å². The molecular formula is C25H31ClFN7O. The van der Waals surface area contributed by atoms with Gasteiger partial charge in [0, 0.05) is 55.7 Å². The van der Waals surface area contributed by atoms with Gasteiger partial charge in [-0.2, -0.15) is 15.0 Å². The summed E-state index contributed by atoms with van der Waals surface area (Å²) in [6.07, 6.45) is 3.80. The zero-order chi connectivity index (χ0) is 24.5. The lowest BCUT2D eigenvalue weighted by molar-refractivity contribution is 0.283. The van der Waals surface area contributed by atoms with Crippen LogP contribution in [0.15, 0.2) is 48.5 Å². The number of halogens is 2. The van der Waals surface area contributed by atoms with Crippen LogP contribution in [0.1, 0.15) is 25.7 Å². The Labute approximate surface area is 210 Å². The van der Waals surface area contributed by atoms with Crippen LogP contribution in [0.3, 0.4) is 0 Å². The molecule has 1 aliphatic heterocycles. The first kappa shape index (κ1) is 24.9. The third kappa shape index (κ3) is 7.40. The van der Waals surface area contributed by atoms with Gasteiger partial charge in [-0.15, -0.1) is 0 Å². The van der Waals surface area contributed by atoms with Gasteiger partial charge in [0.25, 0.3) is 0 Å². The molecule has 0 bridgehead atoms. The molecule has 0 unspecified atom stereocenters. The van der Waals surface area contributed by atoms with Crippen LogP contribution in [0, 0.1) is 5.82 Å². The lowest BCUT2D eigenvalue weighted by Crippen LogP contribution is -2.47. The fourth-order valence-electron chi connectivity index (χ4n) is 3.93. The Morgan fingerprint density at radius 2 is 1.57 bits per heavy atom. The topological polar surface area (TPSA) is 89.4 Å². The summed E-state index contributed by atoms with van der Waals surface area (Å²) in [4.78, 5) is 18.3. The summed E-state index contributed by atoms with van der Waals surface area (Å²) in [6.45, 7) is 4.11. The third-order valence-electron chi connectivity index (χ3n) is 5.83. The molecule has 0 spiro atoms. The Bertz CT molecular complexity index is 1080. The van der Waals surface area contributed by atoms with Crippen LogP contribution in [-0.2, 0) is 0 Å². The number of aliphatic hydroxyl groups is 1. The SMILES string of the molecule is OCCCCCCNc1nc(Nc2ccc(F)cc2)nc(N2CCN(c3cccc(Cl)c3)CC2)n1. The predicted molar refractivity (Wildman–Crippen MR) is 139 cm³/mol. The highest BCUT2D eigenvalue weighted by molar-refractivity contribution is 6.30. The molecule has 0 amide bonds. The van der Waals surface area contributed by atoms with Gasteiger partial charge in [0.15, 0.2) is 0 Å². The molecule has 186 valence electrons. The van der Waals surface area contributed by atoms with E-state index in [0.717, 1.165) is 69.1 Å². The number of piperazine rings is 1. The minimum Gasteiger partial charge on any atom is -0.396 e. The van der Waals surface area contributed by atoms with Gasteiger partial charge >= 0.3 is 0 Å². The van der Waals surface area contributed by atoms with E-state index in [0.29, 0.717) is 23.5 Å². The first-order valence-electron chi connectivity index (χ1n) is 12.0. The fourth-order valence-corrected chi connectivity index (χ4v) is 4.12. The molecule has 2 heterocycles. The van der Waals surface area contributed by atoms with Crippen molar-refractivity contribution in [2.45, 2.75) is 25.7 Å². The van der Waals surface area contributed by atoms with Gasteiger partial charge in [-0.1, -0.05) is 30.5 Å². The number of unbranched alkanes of at least 4 members (excludes halogenated alkanes) is 3. The predicted octanol–water partition coefficient (Wildman–Crippen LogP) is 4.70. The second-order valence-corrected chi connectivity index (χ2v) is 8.87. The molecule has 2 aromatic carbocycles. The van der Waals surface area contributed by atoms with E-state index < -0.39 is 0 Å². The molecular weight excluding hydrogens is 469 g/mol. The Morgan fingerprint density at radius 3 is 2.31 bits per heavy atom. The van der Waals surface area contributed by atoms with Crippen LogP contribution >= 0.6 is 11.6 Å². The Hall–Kier alpha value is -3.17. The van der Waals surface area contributed by atoms with E-state index in [1.54, 1.807) is 12.1 Å². The fraction of sp³-hybridized carbons (Fsp3) is 0.400. The van der Waals surface area contributed by atoms with E-state index in [-0.39, 0.29) is 12.4 Å². The number of aromatic nitrogens is 3. The highest BCUT2D eigenvalue weighted by Gasteiger charge is 2.21. The van der Waals surface area contributed by atoms with Crippen LogP contribution < -0.4 is 20.4 Å². The molecule has 35 heavy (non-hydrogen) atoms. The van der Waals surface area contributed by atoms with Gasteiger partial charge in [-0.25, -0.2) is 4.39 Å². The maximum atomic E-state index is 13.3. The number of hydrogen-bond acceptors (Lipinski definition) is 8. The lowest BCUT2D eigenvalue weighted by atomic mass is 10.2. The summed E-state index contributed by atoms with van der Waals surface area (Å²) in [5, 5.41) is 16.1. The van der Waals surface area contributed by atoms with E-state index in [1.165, 1.54) is 12.1 Å². The van der Waals surface area contributed by atoms with Crippen molar-refractivity contribution in [3.8, 4) is 0 Å². The van der Waals surface area contributed by atoms with Crippen molar-refractivity contribution < 1.29 is 9.50 Å². The van der Waals surface area contributed by atoms with Gasteiger partial charge < -0.3 is 25.5 Å². The molecule has 0 aliphatic carbocycles. The summed E-state index contributed by atoms with van der Waals surface area (Å²) in [6, 6.07) is 14.0. The van der Waals surface area contributed by atoms with Crippen LogP contribution in [0.5, 0.6) is 0 Å². The molecule has 1 aliphatic rings. The van der Waals surface area contributed by atoms with E-state index in [9.17, 15) is 4.39 Å². The Balaban J connectivity index is 1.45. The van der Waals surface area contributed by atoms with Crippen LogP contribution in [-0.4, -0.2) is 59.4 Å². The van der Waals surface area contributed by atoms with Gasteiger partial charge in [-0.05, 0) is 55.3 Å². The van der Waals surface area contributed by atoms with E-state index in [1.807, 2.05) is 18.2 Å². The zero-order valence-corrected chi connectivity index (χ0v) is 20.4. The molecule has 0 saturated carbocycles. The molecule has 0 atom stereocenters. The second kappa shape index (κ2) is 12.5. The Morgan fingerprint density at radius 1 is 0.857 bits per heavy atom. The number of benzene rings is 2. The molecule has 4 rings (SSSR count). The van der Waals surface area contributed by atoms with Crippen LogP contribution in [0.4, 0.5) is 33.6 Å². The summed E-state index contributed by atoms with van der Waals surface area (Å²) in [5.74, 6) is 1.20. The molecule has 3 N–H and O–H groups in total. The average Bonchev–Trinajstić information content (AvgIpc) is 2.87. The Kier molecular flexibility index (Phi) is 8.91. The zero-order valence-electron chi connectivity index (χ0n) is 19.6. The molecule has 10 heteroatoms. The van der Waals surface area contributed by atoms with Crippen LogP contribution in [0.25, 0.3) is 0 Å². The van der Waals surface area contributed by atoms with Crippen molar-refractivity contribution in [1.29, 1.82) is 0 Å². The normalized spacial score (nSPS) is 13.7. The standard InChI is InChI=1S/C25H31ClFN7O/c26-19-6-5-7-22(18-19)33-13-15-34(16-14-33)25-31-23(28-12-3-1-2-4-17-35)30-24(32-25)29-21-10-8-20(27)9-11-21/h5-11,18,35H,1-4,12-17H2,(H2,28,29,30,31,32). The number of nitrogens with zero attached hydrogens (tertiary/aromatic N) is 5. The summed E-state index contributed by atoms with van der Waals surface area (Å²) >= 11 is 6.17. The summed E-state index contributed by atoms with van der Waals surface area (Å²) in [5.41, 5.74) is 1.80. The van der Waals surface area contributed by atoms with Crippen molar-refractivity contribution in [3.63, 3.8) is 0 Å². The molecule has 1 saturated heterocycles. The monoisotopic (exact) mass is 499 g/mol. The average molecular weight is 500 g/mol. The van der Waals surface area contributed by atoms with Crippen molar-refractivity contribution in [2.24, 2.45) is 0 Å². The molecule has 1 fully saturated rings. The number of aliphatic hydroxyl groups excluding tert-OH is 1. The van der Waals surface area contributed by atoms with Gasteiger partial charge in [-0.3, -0.25) is 0 Å². The van der Waals surface area contributed by atoms with Crippen molar-refractivity contribution >= 4 is 40.8 Å². The third-order valence-corrected chi connectivity index (χ3v) is 6.06. The summed E-state index contributed by atoms with van der Waals surface area (Å²) in [7, 11) is 0.